The van der Waals surface area contributed by atoms with Crippen LogP contribution in [0.2, 0.25) is 0 Å². The molecule has 1 heterocycles. The van der Waals surface area contributed by atoms with Gasteiger partial charge in [-0.1, -0.05) is 18.2 Å². The molecule has 2 heteroatoms. The van der Waals surface area contributed by atoms with Crippen molar-refractivity contribution in [3.63, 3.8) is 0 Å². The first kappa shape index (κ1) is 10.9. The van der Waals surface area contributed by atoms with E-state index in [1.54, 1.807) is 0 Å². The summed E-state index contributed by atoms with van der Waals surface area (Å²) < 4.78 is 1.81. The molecular weight excluding hydrogens is 198 g/mol. The summed E-state index contributed by atoms with van der Waals surface area (Å²) in [6.07, 6.45) is 1.95. The van der Waals surface area contributed by atoms with E-state index in [1.165, 1.54) is 0 Å². The molecule has 0 fully saturated rings. The van der Waals surface area contributed by atoms with Gasteiger partial charge in [-0.25, -0.2) is 0 Å². The molecule has 0 radical (unpaired) electrons. The maximum absolute atomic E-state index is 12.3. The highest BCUT2D eigenvalue weighted by Gasteiger charge is 2.16. The van der Waals surface area contributed by atoms with Crippen molar-refractivity contribution >= 4 is 10.8 Å². The lowest BCUT2D eigenvalue weighted by Crippen LogP contribution is -2.33. The van der Waals surface area contributed by atoms with E-state index in [9.17, 15) is 4.79 Å². The second-order valence-corrected chi connectivity index (χ2v) is 5.20. The Balaban J connectivity index is 2.92. The van der Waals surface area contributed by atoms with Gasteiger partial charge < -0.3 is 4.57 Å². The fraction of sp³-hybridized carbons (Fsp3) is 0.357. The molecule has 0 bridgehead atoms. The van der Waals surface area contributed by atoms with Crippen LogP contribution >= 0.6 is 0 Å². The summed E-state index contributed by atoms with van der Waals surface area (Å²) >= 11 is 0. The Morgan fingerprint density at radius 2 is 1.62 bits per heavy atom. The van der Waals surface area contributed by atoms with E-state index in [1.807, 2.05) is 62.7 Å². The summed E-state index contributed by atoms with van der Waals surface area (Å²) in [6, 6.07) is 7.78. The first-order valence-corrected chi connectivity index (χ1v) is 5.53. The molecule has 0 saturated heterocycles. The van der Waals surface area contributed by atoms with Crippen molar-refractivity contribution in [3.05, 3.63) is 46.4 Å². The largest absolute Gasteiger partial charge is 0.309 e. The molecule has 0 spiro atoms. The van der Waals surface area contributed by atoms with Crippen molar-refractivity contribution in [2.24, 2.45) is 0 Å². The molecule has 1 aromatic carbocycles. The molecule has 2 rings (SSSR count). The molecule has 16 heavy (non-hydrogen) atoms. The highest BCUT2D eigenvalue weighted by atomic mass is 16.1. The van der Waals surface area contributed by atoms with Crippen LogP contribution in [0.3, 0.4) is 0 Å². The summed E-state index contributed by atoms with van der Waals surface area (Å²) in [5.41, 5.74) is 1.06. The molecule has 0 aliphatic rings. The molecule has 0 saturated carbocycles. The monoisotopic (exact) mass is 215 g/mol. The molecule has 0 aliphatic carbocycles. The number of hydrogen-bond acceptors (Lipinski definition) is 1. The highest BCUT2D eigenvalue weighted by Crippen LogP contribution is 2.18. The van der Waals surface area contributed by atoms with E-state index in [4.69, 9.17) is 0 Å². The summed E-state index contributed by atoms with van der Waals surface area (Å²) in [7, 11) is 0. The molecule has 2 aromatic rings. The van der Waals surface area contributed by atoms with Gasteiger partial charge in [-0.05, 0) is 44.7 Å². The van der Waals surface area contributed by atoms with Crippen LogP contribution in [0.15, 0.2) is 35.3 Å². The molecule has 0 N–H and O–H groups in total. The average Bonchev–Trinajstić information content (AvgIpc) is 2.22. The van der Waals surface area contributed by atoms with Crippen LogP contribution in [0, 0.1) is 6.92 Å². The van der Waals surface area contributed by atoms with Gasteiger partial charge in [0, 0.05) is 17.1 Å². The van der Waals surface area contributed by atoms with Crippen molar-refractivity contribution in [3.8, 4) is 0 Å². The van der Waals surface area contributed by atoms with Crippen LogP contribution in [0.1, 0.15) is 26.3 Å². The second kappa shape index (κ2) is 3.48. The number of rotatable bonds is 0. The smallest absolute Gasteiger partial charge is 0.258 e. The Morgan fingerprint density at radius 1 is 1.06 bits per heavy atom. The SMILES string of the molecule is Cc1cn(C(C)(C)C)c(=O)c2ccccc12. The predicted molar refractivity (Wildman–Crippen MR) is 67.9 cm³/mol. The van der Waals surface area contributed by atoms with Gasteiger partial charge in [-0.3, -0.25) is 4.79 Å². The Hall–Kier alpha value is -1.57. The topological polar surface area (TPSA) is 22.0 Å². The third-order valence-corrected chi connectivity index (χ3v) is 2.85. The number of fused-ring (bicyclic) bond motifs is 1. The zero-order chi connectivity index (χ0) is 11.9. The number of nitrogens with zero attached hydrogens (tertiary/aromatic N) is 1. The number of benzene rings is 1. The summed E-state index contributed by atoms with van der Waals surface area (Å²) in [6.45, 7) is 8.18. The van der Waals surface area contributed by atoms with Crippen molar-refractivity contribution in [1.82, 2.24) is 4.57 Å². The molecule has 0 aliphatic heterocycles. The fourth-order valence-corrected chi connectivity index (χ4v) is 1.96. The van der Waals surface area contributed by atoms with E-state index in [0.717, 1.165) is 16.3 Å². The minimum Gasteiger partial charge on any atom is -0.309 e. The van der Waals surface area contributed by atoms with Crippen molar-refractivity contribution in [2.75, 3.05) is 0 Å². The Labute approximate surface area is 95.5 Å². The average molecular weight is 215 g/mol. The quantitative estimate of drug-likeness (QED) is 0.662. The van der Waals surface area contributed by atoms with Crippen molar-refractivity contribution in [1.29, 1.82) is 0 Å². The summed E-state index contributed by atoms with van der Waals surface area (Å²) in [5, 5.41) is 1.85. The van der Waals surface area contributed by atoms with E-state index in [-0.39, 0.29) is 11.1 Å². The van der Waals surface area contributed by atoms with Crippen LogP contribution in [0.4, 0.5) is 0 Å². The van der Waals surface area contributed by atoms with Gasteiger partial charge in [0.05, 0.1) is 0 Å². The molecule has 0 atom stereocenters. The minimum absolute atomic E-state index is 0.0914. The fourth-order valence-electron chi connectivity index (χ4n) is 1.96. The maximum Gasteiger partial charge on any atom is 0.258 e. The molecule has 1 aromatic heterocycles. The third-order valence-electron chi connectivity index (χ3n) is 2.85. The van der Waals surface area contributed by atoms with E-state index in [2.05, 4.69) is 0 Å². The molecule has 0 amide bonds. The van der Waals surface area contributed by atoms with Crippen LogP contribution in [-0.4, -0.2) is 4.57 Å². The standard InChI is InChI=1S/C14H17NO/c1-10-9-15(14(2,3)4)13(16)12-8-6-5-7-11(10)12/h5-9H,1-4H3. The third kappa shape index (κ3) is 1.64. The van der Waals surface area contributed by atoms with Gasteiger partial charge >= 0.3 is 0 Å². The zero-order valence-corrected chi connectivity index (χ0v) is 10.2. The van der Waals surface area contributed by atoms with Gasteiger partial charge in [-0.2, -0.15) is 0 Å². The number of aromatic nitrogens is 1. The zero-order valence-electron chi connectivity index (χ0n) is 10.2. The Morgan fingerprint density at radius 3 is 2.19 bits per heavy atom. The molecular formula is C14H17NO. The lowest BCUT2D eigenvalue weighted by Gasteiger charge is -2.23. The van der Waals surface area contributed by atoms with Gasteiger partial charge in [0.15, 0.2) is 0 Å². The lowest BCUT2D eigenvalue weighted by molar-refractivity contribution is 0.385. The van der Waals surface area contributed by atoms with Crippen molar-refractivity contribution in [2.45, 2.75) is 33.2 Å². The molecule has 84 valence electrons. The summed E-state index contributed by atoms with van der Waals surface area (Å²) in [4.78, 5) is 12.3. The Bertz CT molecular complexity index is 588. The van der Waals surface area contributed by atoms with Crippen LogP contribution < -0.4 is 5.56 Å². The first-order valence-electron chi connectivity index (χ1n) is 5.53. The van der Waals surface area contributed by atoms with Crippen LogP contribution in [-0.2, 0) is 5.54 Å². The van der Waals surface area contributed by atoms with Gasteiger partial charge in [0.1, 0.15) is 0 Å². The second-order valence-electron chi connectivity index (χ2n) is 5.20. The number of pyridine rings is 1. The molecule has 2 nitrogen and oxygen atoms in total. The normalized spacial score (nSPS) is 12.0. The van der Waals surface area contributed by atoms with Crippen LogP contribution in [0.5, 0.6) is 0 Å². The van der Waals surface area contributed by atoms with E-state index < -0.39 is 0 Å². The molecule has 0 unspecified atom stereocenters. The van der Waals surface area contributed by atoms with Gasteiger partial charge in [0.2, 0.25) is 0 Å². The van der Waals surface area contributed by atoms with E-state index in [0.29, 0.717) is 0 Å². The lowest BCUT2D eigenvalue weighted by atomic mass is 10.0. The Kier molecular flexibility index (Phi) is 2.38. The van der Waals surface area contributed by atoms with Crippen molar-refractivity contribution < 1.29 is 0 Å². The van der Waals surface area contributed by atoms with Gasteiger partial charge in [-0.15, -0.1) is 0 Å². The maximum atomic E-state index is 12.3. The van der Waals surface area contributed by atoms with Gasteiger partial charge in [0.25, 0.3) is 5.56 Å². The minimum atomic E-state index is -0.175. The van der Waals surface area contributed by atoms with E-state index >= 15 is 0 Å². The highest BCUT2D eigenvalue weighted by molar-refractivity contribution is 5.84. The number of hydrogen-bond donors (Lipinski definition) is 0. The first-order chi connectivity index (χ1) is 7.41. The number of aryl methyl sites for hydroxylation is 1. The summed E-state index contributed by atoms with van der Waals surface area (Å²) in [5.74, 6) is 0. The van der Waals surface area contributed by atoms with Crippen LogP contribution in [0.25, 0.3) is 10.8 Å². The predicted octanol–water partition coefficient (Wildman–Crippen LogP) is 3.06.